The van der Waals surface area contributed by atoms with Gasteiger partial charge in [0.15, 0.2) is 0 Å². The first-order chi connectivity index (χ1) is 5.65. The highest BCUT2D eigenvalue weighted by Gasteiger charge is 1.98. The molecular formula is C11H15N. The van der Waals surface area contributed by atoms with E-state index < -0.39 is 0 Å². The fraction of sp³-hybridized carbons (Fsp3) is 0.273. The molecular weight excluding hydrogens is 146 g/mol. The van der Waals surface area contributed by atoms with E-state index in [1.54, 1.807) is 0 Å². The molecule has 0 radical (unpaired) electrons. The van der Waals surface area contributed by atoms with Crippen LogP contribution in [0.4, 0.5) is 5.69 Å². The van der Waals surface area contributed by atoms with Crippen molar-refractivity contribution in [3.63, 3.8) is 0 Å². The van der Waals surface area contributed by atoms with Crippen LogP contribution in [0.2, 0.25) is 0 Å². The van der Waals surface area contributed by atoms with Crippen LogP contribution in [0, 0.1) is 6.92 Å². The van der Waals surface area contributed by atoms with Crippen LogP contribution in [-0.2, 0) is 0 Å². The molecule has 1 aromatic carbocycles. The normalized spacial score (nSPS) is 11.8. The van der Waals surface area contributed by atoms with Crippen LogP contribution < -0.4 is 5.73 Å². The summed E-state index contributed by atoms with van der Waals surface area (Å²) >= 11 is 0. The van der Waals surface area contributed by atoms with Crippen molar-refractivity contribution in [1.82, 2.24) is 0 Å². The van der Waals surface area contributed by atoms with Gasteiger partial charge in [0.25, 0.3) is 0 Å². The second-order valence-corrected chi connectivity index (χ2v) is 3.05. The Morgan fingerprint density at radius 3 is 2.58 bits per heavy atom. The van der Waals surface area contributed by atoms with Gasteiger partial charge in [0, 0.05) is 5.69 Å². The predicted octanol–water partition coefficient (Wildman–Crippen LogP) is 3.00. The van der Waals surface area contributed by atoms with E-state index in [9.17, 15) is 0 Å². The summed E-state index contributed by atoms with van der Waals surface area (Å²) in [4.78, 5) is 0. The lowest BCUT2D eigenvalue weighted by Gasteiger charge is -2.05. The average Bonchev–Trinajstić information content (AvgIpc) is 2.03. The molecule has 12 heavy (non-hydrogen) atoms. The maximum absolute atomic E-state index is 5.65. The predicted molar refractivity (Wildman–Crippen MR) is 54.9 cm³/mol. The average molecular weight is 161 g/mol. The van der Waals surface area contributed by atoms with E-state index in [1.807, 2.05) is 19.1 Å². The van der Waals surface area contributed by atoms with Gasteiger partial charge in [-0.2, -0.15) is 0 Å². The van der Waals surface area contributed by atoms with Crippen LogP contribution in [-0.4, -0.2) is 0 Å². The van der Waals surface area contributed by atoms with Crippen molar-refractivity contribution in [2.24, 2.45) is 0 Å². The second-order valence-electron chi connectivity index (χ2n) is 3.05. The van der Waals surface area contributed by atoms with Gasteiger partial charge in [-0.25, -0.2) is 0 Å². The molecule has 1 aromatic rings. The second kappa shape index (κ2) is 3.44. The molecule has 0 aromatic heterocycles. The number of nitrogen functional groups attached to an aromatic ring is 1. The standard InChI is InChI=1S/C11H15N/c1-4-8(2)11-6-5-10(12)7-9(11)3/h4-7H,12H2,1-3H3/b8-4+. The molecule has 0 aliphatic carbocycles. The van der Waals surface area contributed by atoms with Crippen molar-refractivity contribution in [3.05, 3.63) is 35.4 Å². The minimum atomic E-state index is 0.833. The number of hydrogen-bond donors (Lipinski definition) is 1. The first-order valence-corrected chi connectivity index (χ1v) is 4.14. The lowest BCUT2D eigenvalue weighted by molar-refractivity contribution is 1.40. The number of benzene rings is 1. The van der Waals surface area contributed by atoms with Crippen molar-refractivity contribution in [2.45, 2.75) is 20.8 Å². The molecule has 2 N–H and O–H groups in total. The molecule has 0 saturated carbocycles. The van der Waals surface area contributed by atoms with Gasteiger partial charge in [-0.1, -0.05) is 12.1 Å². The zero-order chi connectivity index (χ0) is 9.14. The van der Waals surface area contributed by atoms with Gasteiger partial charge >= 0.3 is 0 Å². The molecule has 1 nitrogen and oxygen atoms in total. The number of hydrogen-bond acceptors (Lipinski definition) is 1. The van der Waals surface area contributed by atoms with Gasteiger partial charge in [-0.3, -0.25) is 0 Å². The SMILES string of the molecule is C/C=C(\C)c1ccc(N)cc1C. The van der Waals surface area contributed by atoms with Crippen molar-refractivity contribution >= 4 is 11.3 Å². The summed E-state index contributed by atoms with van der Waals surface area (Å²) in [6.45, 7) is 6.24. The molecule has 0 spiro atoms. The number of anilines is 1. The summed E-state index contributed by atoms with van der Waals surface area (Å²) in [7, 11) is 0. The summed E-state index contributed by atoms with van der Waals surface area (Å²) in [6.07, 6.45) is 2.11. The first-order valence-electron chi connectivity index (χ1n) is 4.14. The van der Waals surface area contributed by atoms with E-state index in [0.717, 1.165) is 5.69 Å². The Morgan fingerprint density at radius 2 is 2.08 bits per heavy atom. The third-order valence-corrected chi connectivity index (χ3v) is 2.11. The molecule has 0 fully saturated rings. The highest BCUT2D eigenvalue weighted by atomic mass is 14.5. The molecule has 0 aliphatic heterocycles. The summed E-state index contributed by atoms with van der Waals surface area (Å²) in [6, 6.07) is 6.01. The van der Waals surface area contributed by atoms with Crippen LogP contribution in [0.5, 0.6) is 0 Å². The highest BCUT2D eigenvalue weighted by Crippen LogP contribution is 2.20. The Morgan fingerprint density at radius 1 is 1.42 bits per heavy atom. The van der Waals surface area contributed by atoms with Crippen molar-refractivity contribution in [2.75, 3.05) is 5.73 Å². The molecule has 0 aliphatic rings. The number of nitrogens with two attached hydrogens (primary N) is 1. The number of rotatable bonds is 1. The van der Waals surface area contributed by atoms with E-state index in [4.69, 9.17) is 5.73 Å². The third-order valence-electron chi connectivity index (χ3n) is 2.11. The van der Waals surface area contributed by atoms with E-state index in [2.05, 4.69) is 26.0 Å². The zero-order valence-electron chi connectivity index (χ0n) is 7.89. The Hall–Kier alpha value is -1.24. The maximum Gasteiger partial charge on any atom is 0.0317 e. The number of aryl methyl sites for hydroxylation is 1. The quantitative estimate of drug-likeness (QED) is 0.629. The fourth-order valence-electron chi connectivity index (χ4n) is 1.28. The lowest BCUT2D eigenvalue weighted by Crippen LogP contribution is -1.89. The van der Waals surface area contributed by atoms with Gasteiger partial charge in [0.2, 0.25) is 0 Å². The fourth-order valence-corrected chi connectivity index (χ4v) is 1.28. The number of allylic oxidation sites excluding steroid dienone is 2. The first kappa shape index (κ1) is 8.85. The molecule has 0 unspecified atom stereocenters. The van der Waals surface area contributed by atoms with Crippen molar-refractivity contribution in [3.8, 4) is 0 Å². The molecule has 1 heteroatoms. The molecule has 0 saturated heterocycles. The van der Waals surface area contributed by atoms with Crippen LogP contribution in [0.15, 0.2) is 24.3 Å². The van der Waals surface area contributed by atoms with Gasteiger partial charge in [0.05, 0.1) is 0 Å². The van der Waals surface area contributed by atoms with Gasteiger partial charge in [0.1, 0.15) is 0 Å². The minimum Gasteiger partial charge on any atom is -0.399 e. The Labute approximate surface area is 73.9 Å². The van der Waals surface area contributed by atoms with E-state index in [-0.39, 0.29) is 0 Å². The van der Waals surface area contributed by atoms with E-state index >= 15 is 0 Å². The third kappa shape index (κ3) is 1.67. The van der Waals surface area contributed by atoms with Crippen LogP contribution in [0.3, 0.4) is 0 Å². The van der Waals surface area contributed by atoms with Crippen LogP contribution >= 0.6 is 0 Å². The molecule has 0 heterocycles. The van der Waals surface area contributed by atoms with E-state index in [1.165, 1.54) is 16.7 Å². The van der Waals surface area contributed by atoms with Crippen molar-refractivity contribution < 1.29 is 0 Å². The molecule has 64 valence electrons. The van der Waals surface area contributed by atoms with Crippen LogP contribution in [0.25, 0.3) is 5.57 Å². The maximum atomic E-state index is 5.65. The van der Waals surface area contributed by atoms with Crippen LogP contribution in [0.1, 0.15) is 25.0 Å². The lowest BCUT2D eigenvalue weighted by atomic mass is 10.0. The molecule has 1 rings (SSSR count). The summed E-state index contributed by atoms with van der Waals surface area (Å²) in [5, 5.41) is 0. The molecule has 0 amide bonds. The van der Waals surface area contributed by atoms with E-state index in [0.29, 0.717) is 0 Å². The topological polar surface area (TPSA) is 26.0 Å². The zero-order valence-corrected chi connectivity index (χ0v) is 7.89. The smallest absolute Gasteiger partial charge is 0.0317 e. The summed E-state index contributed by atoms with van der Waals surface area (Å²) in [5.41, 5.74) is 10.3. The Balaban J connectivity index is 3.18. The summed E-state index contributed by atoms with van der Waals surface area (Å²) < 4.78 is 0. The minimum absolute atomic E-state index is 0.833. The highest BCUT2D eigenvalue weighted by molar-refractivity contribution is 5.68. The molecule has 0 atom stereocenters. The van der Waals surface area contributed by atoms with Crippen molar-refractivity contribution in [1.29, 1.82) is 0 Å². The Kier molecular flexibility index (Phi) is 2.54. The largest absolute Gasteiger partial charge is 0.399 e. The Bertz CT molecular complexity index is 311. The summed E-state index contributed by atoms with van der Waals surface area (Å²) in [5.74, 6) is 0. The van der Waals surface area contributed by atoms with Gasteiger partial charge in [-0.15, -0.1) is 0 Å². The van der Waals surface area contributed by atoms with Gasteiger partial charge in [-0.05, 0) is 49.6 Å². The monoisotopic (exact) mass is 161 g/mol. The molecule has 0 bridgehead atoms. The van der Waals surface area contributed by atoms with Gasteiger partial charge < -0.3 is 5.73 Å².